The summed E-state index contributed by atoms with van der Waals surface area (Å²) in [6.07, 6.45) is 10.3. The molecule has 3 N–H and O–H groups in total. The van der Waals surface area contributed by atoms with Crippen molar-refractivity contribution < 1.29 is 37.0 Å². The van der Waals surface area contributed by atoms with Crippen molar-refractivity contribution in [3.63, 3.8) is 0 Å². The largest absolute Gasteiger partial charge is 0.400 e. The van der Waals surface area contributed by atoms with Gasteiger partial charge in [-0.05, 0) is 0 Å². The van der Waals surface area contributed by atoms with Crippen LogP contribution in [0.4, 0.5) is 0 Å². The summed E-state index contributed by atoms with van der Waals surface area (Å²) in [7, 11) is 3.00. The van der Waals surface area contributed by atoms with Crippen molar-refractivity contribution in [2.45, 2.75) is 46.0 Å². The van der Waals surface area contributed by atoms with Crippen molar-refractivity contribution in [1.29, 1.82) is 0 Å². The van der Waals surface area contributed by atoms with Crippen molar-refractivity contribution in [2.75, 3.05) is 21.3 Å². The van der Waals surface area contributed by atoms with Gasteiger partial charge in [0.05, 0.1) is 0 Å². The molecule has 0 aromatic heterocycles. The van der Waals surface area contributed by atoms with Crippen LogP contribution in [0.2, 0.25) is 0 Å². The molecule has 0 saturated heterocycles. The van der Waals surface area contributed by atoms with Gasteiger partial charge in [-0.2, -0.15) is 5.57 Å². The van der Waals surface area contributed by atoms with E-state index in [9.17, 15) is 0 Å². The first-order valence-electron chi connectivity index (χ1n) is 6.49. The molecule has 0 aromatic rings. The van der Waals surface area contributed by atoms with E-state index in [1.165, 1.54) is 37.7 Å². The Labute approximate surface area is 133 Å². The van der Waals surface area contributed by atoms with Crippen LogP contribution in [0.1, 0.15) is 46.0 Å². The number of allylic oxidation sites excluding steroid dienone is 4. The summed E-state index contributed by atoms with van der Waals surface area (Å²) < 4.78 is 0. The van der Waals surface area contributed by atoms with Crippen molar-refractivity contribution in [3.05, 3.63) is 22.8 Å². The fourth-order valence-corrected chi connectivity index (χ4v) is 2.60. The van der Waals surface area contributed by atoms with Crippen LogP contribution in [0.5, 0.6) is 0 Å². The third-order valence-corrected chi connectivity index (χ3v) is 3.21. The molecule has 3 nitrogen and oxygen atoms in total. The molecule has 0 aromatic carbocycles. The normalized spacial score (nSPS) is 19.2. The Balaban J connectivity index is -0.000000325. The predicted molar refractivity (Wildman–Crippen MR) is 76.1 cm³/mol. The molecule has 0 fully saturated rings. The molecule has 19 heavy (non-hydrogen) atoms. The second kappa shape index (κ2) is 16.1. The second-order valence-electron chi connectivity index (χ2n) is 3.98. The van der Waals surface area contributed by atoms with Crippen LogP contribution in [0.3, 0.4) is 0 Å². The van der Waals surface area contributed by atoms with Gasteiger partial charge in [0.2, 0.25) is 0 Å². The Morgan fingerprint density at radius 2 is 1.47 bits per heavy atom. The minimum atomic E-state index is 0. The van der Waals surface area contributed by atoms with E-state index in [1.54, 1.807) is 11.1 Å². The number of hydrogen-bond donors (Lipinski definition) is 3. The van der Waals surface area contributed by atoms with E-state index in [2.05, 4.69) is 19.9 Å². The zero-order valence-corrected chi connectivity index (χ0v) is 14.5. The molecule has 1 unspecified atom stereocenters. The molecule has 0 spiro atoms. The van der Waals surface area contributed by atoms with Crippen LogP contribution in [0.25, 0.3) is 0 Å². The van der Waals surface area contributed by atoms with E-state index in [4.69, 9.17) is 15.3 Å². The second-order valence-corrected chi connectivity index (χ2v) is 3.98. The zero-order valence-electron chi connectivity index (χ0n) is 13.0. The van der Waals surface area contributed by atoms with E-state index in [1.807, 2.05) is 0 Å². The molecule has 2 rings (SSSR count). The summed E-state index contributed by atoms with van der Waals surface area (Å²) in [5, 5.41) is 21.0. The maximum absolute atomic E-state index is 7.00. The summed E-state index contributed by atoms with van der Waals surface area (Å²) in [5.74, 6) is 0.764. The fourth-order valence-electron chi connectivity index (χ4n) is 2.60. The van der Waals surface area contributed by atoms with Gasteiger partial charge in [0, 0.05) is 43.0 Å². The summed E-state index contributed by atoms with van der Waals surface area (Å²) in [6.45, 7) is 4.53. The van der Waals surface area contributed by atoms with Crippen molar-refractivity contribution in [1.82, 2.24) is 0 Å². The van der Waals surface area contributed by atoms with Gasteiger partial charge in [0.15, 0.2) is 0 Å². The minimum Gasteiger partial charge on any atom is -0.400 e. The summed E-state index contributed by atoms with van der Waals surface area (Å²) in [6, 6.07) is 0. The fraction of sp³-hybridized carbons (Fsp3) is 0.733. The number of aliphatic hydroxyl groups excluding tert-OH is 3. The molecule has 0 amide bonds. The number of rotatable bonds is 1. The van der Waals surface area contributed by atoms with E-state index >= 15 is 0 Å². The van der Waals surface area contributed by atoms with E-state index < -0.39 is 0 Å². The molecule has 4 heteroatoms. The molecule has 1 atom stereocenters. The smallest absolute Gasteiger partial charge is 0.0319 e. The Bertz CT molecular complexity index is 260. The topological polar surface area (TPSA) is 60.7 Å². The van der Waals surface area contributed by atoms with E-state index in [0.29, 0.717) is 0 Å². The van der Waals surface area contributed by atoms with Crippen molar-refractivity contribution >= 4 is 0 Å². The minimum absolute atomic E-state index is 0. The van der Waals surface area contributed by atoms with Crippen LogP contribution in [-0.2, 0) is 21.7 Å². The van der Waals surface area contributed by atoms with Crippen LogP contribution < -0.4 is 0 Å². The third-order valence-electron chi connectivity index (χ3n) is 3.21. The van der Waals surface area contributed by atoms with Crippen LogP contribution in [0, 0.1) is 12.0 Å². The molecular weight excluding hydrogens is 276 g/mol. The molecule has 0 radical (unpaired) electrons. The average molecular weight is 305 g/mol. The number of aliphatic hydroxyl groups is 3. The average Bonchev–Trinajstić information content (AvgIpc) is 2.80. The van der Waals surface area contributed by atoms with Crippen LogP contribution in [-0.4, -0.2) is 36.6 Å². The molecule has 112 valence electrons. The van der Waals surface area contributed by atoms with E-state index in [0.717, 1.165) is 27.2 Å². The van der Waals surface area contributed by atoms with Gasteiger partial charge in [0.25, 0.3) is 0 Å². The summed E-state index contributed by atoms with van der Waals surface area (Å²) in [5.41, 5.74) is 4.77. The molecule has 2 aliphatic rings. The summed E-state index contributed by atoms with van der Waals surface area (Å²) in [4.78, 5) is 0. The Kier molecular flexibility index (Phi) is 20.5. The first kappa shape index (κ1) is 24.1. The molecule has 0 saturated carbocycles. The van der Waals surface area contributed by atoms with Gasteiger partial charge in [-0.15, -0.1) is 0 Å². The summed E-state index contributed by atoms with van der Waals surface area (Å²) >= 11 is 0. The monoisotopic (exact) mass is 305 g/mol. The van der Waals surface area contributed by atoms with Gasteiger partial charge in [-0.1, -0.05) is 51.9 Å². The van der Waals surface area contributed by atoms with Gasteiger partial charge in [-0.25, -0.2) is 17.2 Å². The maximum Gasteiger partial charge on any atom is 0.0319 e. The molecule has 0 bridgehead atoms. The Hall–Kier alpha value is 0.0743. The molecular formula is C15H29O3Ti-. The SMILES string of the molecule is CCC1C(C)=[C-]C2=C1CCCC2.CO.CO.CO.[Ti]. The molecule has 0 heterocycles. The van der Waals surface area contributed by atoms with Gasteiger partial charge >= 0.3 is 0 Å². The quantitative estimate of drug-likeness (QED) is 0.515. The van der Waals surface area contributed by atoms with Gasteiger partial charge < -0.3 is 15.3 Å². The van der Waals surface area contributed by atoms with Crippen molar-refractivity contribution in [2.24, 2.45) is 5.92 Å². The van der Waals surface area contributed by atoms with Gasteiger partial charge in [0.1, 0.15) is 0 Å². The Morgan fingerprint density at radius 1 is 1.00 bits per heavy atom. The van der Waals surface area contributed by atoms with Crippen LogP contribution in [0.15, 0.2) is 16.7 Å². The standard InChI is InChI=1S/C12H17.3CH4O.Ti/c1-3-11-9(2)8-10-6-4-5-7-12(10)11;3*1-2;/h11H,3-7H2,1-2H3;3*2H,1H3;/q-1;;;;. The van der Waals surface area contributed by atoms with E-state index in [-0.39, 0.29) is 21.7 Å². The Morgan fingerprint density at radius 3 is 1.95 bits per heavy atom. The third kappa shape index (κ3) is 7.43. The zero-order chi connectivity index (χ0) is 14.6. The van der Waals surface area contributed by atoms with Crippen LogP contribution >= 0.6 is 0 Å². The predicted octanol–water partition coefficient (Wildman–Crippen LogP) is 2.47. The number of hydrogen-bond acceptors (Lipinski definition) is 3. The van der Waals surface area contributed by atoms with Gasteiger partial charge in [-0.3, -0.25) is 0 Å². The first-order chi connectivity index (χ1) is 8.83. The first-order valence-corrected chi connectivity index (χ1v) is 6.49. The molecule has 0 aliphatic heterocycles. The maximum atomic E-state index is 7.00. The molecule has 2 aliphatic carbocycles. The van der Waals surface area contributed by atoms with Crippen molar-refractivity contribution in [3.8, 4) is 0 Å².